The van der Waals surface area contributed by atoms with Crippen molar-refractivity contribution >= 4 is 16.9 Å². The summed E-state index contributed by atoms with van der Waals surface area (Å²) in [5.74, 6) is 1.34. The van der Waals surface area contributed by atoms with Crippen LogP contribution in [0.3, 0.4) is 0 Å². The molecule has 2 heterocycles. The number of methoxy groups -OCH3 is 2. The Hall–Kier alpha value is -2.99. The van der Waals surface area contributed by atoms with Crippen molar-refractivity contribution in [3.8, 4) is 11.5 Å². The minimum Gasteiger partial charge on any atom is -0.493 e. The van der Waals surface area contributed by atoms with Gasteiger partial charge in [-0.05, 0) is 56.4 Å². The van der Waals surface area contributed by atoms with Crippen molar-refractivity contribution in [2.45, 2.75) is 38.1 Å². The van der Waals surface area contributed by atoms with Crippen LogP contribution in [0.1, 0.15) is 41.3 Å². The zero-order valence-electron chi connectivity index (χ0n) is 18.4. The average Bonchev–Trinajstić information content (AvgIpc) is 3.20. The first-order valence-corrected chi connectivity index (χ1v) is 10.7. The van der Waals surface area contributed by atoms with Gasteiger partial charge in [-0.1, -0.05) is 18.2 Å². The molecule has 6 nitrogen and oxygen atoms in total. The predicted octanol–water partition coefficient (Wildman–Crippen LogP) is 4.19. The van der Waals surface area contributed by atoms with Crippen LogP contribution < -0.4 is 15.2 Å². The number of fused-ring (bicyclic) bond motifs is 2. The number of hydrogen-bond donors (Lipinski definition) is 1. The highest BCUT2D eigenvalue weighted by Crippen LogP contribution is 2.36. The molecule has 1 unspecified atom stereocenters. The molecular weight excluding hydrogens is 392 g/mol. The van der Waals surface area contributed by atoms with Gasteiger partial charge in [-0.2, -0.15) is 0 Å². The Labute approximate surface area is 182 Å². The van der Waals surface area contributed by atoms with Crippen molar-refractivity contribution in [3.63, 3.8) is 0 Å². The fourth-order valence-electron chi connectivity index (χ4n) is 4.33. The van der Waals surface area contributed by atoms with Crippen LogP contribution in [0.2, 0.25) is 0 Å². The third-order valence-corrected chi connectivity index (χ3v) is 6.28. The maximum absolute atomic E-state index is 13.1. The molecule has 2 aromatic carbocycles. The molecule has 1 aromatic heterocycles. The molecule has 2 N–H and O–H groups in total. The van der Waals surface area contributed by atoms with Crippen molar-refractivity contribution in [1.82, 2.24) is 4.90 Å². The van der Waals surface area contributed by atoms with Crippen LogP contribution in [-0.4, -0.2) is 43.7 Å². The van der Waals surface area contributed by atoms with Crippen molar-refractivity contribution in [2.24, 2.45) is 5.73 Å². The van der Waals surface area contributed by atoms with Crippen LogP contribution in [0.25, 0.3) is 11.0 Å². The second kappa shape index (κ2) is 8.63. The lowest BCUT2D eigenvalue weighted by Crippen LogP contribution is -2.44. The number of rotatable bonds is 8. The van der Waals surface area contributed by atoms with Crippen LogP contribution in [-0.2, 0) is 12.8 Å². The SMILES string of the molecule is COc1ccc2c(c1OC)CCN(CCC(C)(N)CCc1coc3ccccc13)C2=O. The highest BCUT2D eigenvalue weighted by molar-refractivity contribution is 5.98. The lowest BCUT2D eigenvalue weighted by molar-refractivity contribution is 0.0725. The van der Waals surface area contributed by atoms with Gasteiger partial charge in [0.15, 0.2) is 11.5 Å². The molecule has 0 saturated carbocycles. The Bertz CT molecular complexity index is 1090. The average molecular weight is 423 g/mol. The third kappa shape index (κ3) is 4.26. The molecule has 0 fully saturated rings. The van der Waals surface area contributed by atoms with Gasteiger partial charge in [0.1, 0.15) is 5.58 Å². The highest BCUT2D eigenvalue weighted by atomic mass is 16.5. The number of hydrogen-bond acceptors (Lipinski definition) is 5. The Morgan fingerprint density at radius 1 is 1.13 bits per heavy atom. The Kier molecular flexibility index (Phi) is 5.92. The van der Waals surface area contributed by atoms with Gasteiger partial charge in [0, 0.05) is 35.1 Å². The van der Waals surface area contributed by atoms with E-state index in [-0.39, 0.29) is 11.4 Å². The molecule has 1 amide bonds. The van der Waals surface area contributed by atoms with E-state index in [0.29, 0.717) is 30.2 Å². The molecule has 1 aliphatic heterocycles. The third-order valence-electron chi connectivity index (χ3n) is 6.28. The van der Waals surface area contributed by atoms with Crippen LogP contribution >= 0.6 is 0 Å². The molecule has 4 rings (SSSR count). The minimum absolute atomic E-state index is 0.0267. The zero-order valence-corrected chi connectivity index (χ0v) is 18.4. The lowest BCUT2D eigenvalue weighted by atomic mass is 9.90. The molecule has 6 heteroatoms. The Morgan fingerprint density at radius 3 is 2.71 bits per heavy atom. The van der Waals surface area contributed by atoms with Gasteiger partial charge in [0.25, 0.3) is 5.91 Å². The number of amides is 1. The van der Waals surface area contributed by atoms with Crippen LogP contribution in [0.15, 0.2) is 47.1 Å². The van der Waals surface area contributed by atoms with E-state index in [1.807, 2.05) is 35.4 Å². The summed E-state index contributed by atoms with van der Waals surface area (Å²) in [6, 6.07) is 11.7. The van der Waals surface area contributed by atoms with E-state index in [1.165, 1.54) is 5.56 Å². The van der Waals surface area contributed by atoms with Crippen LogP contribution in [0.4, 0.5) is 0 Å². The summed E-state index contributed by atoms with van der Waals surface area (Å²) in [5, 5.41) is 1.14. The molecule has 0 spiro atoms. The second-order valence-corrected chi connectivity index (χ2v) is 8.53. The van der Waals surface area contributed by atoms with E-state index in [9.17, 15) is 4.79 Å². The molecule has 164 valence electrons. The fourth-order valence-corrected chi connectivity index (χ4v) is 4.33. The molecule has 0 bridgehead atoms. The maximum Gasteiger partial charge on any atom is 0.254 e. The van der Waals surface area contributed by atoms with Crippen molar-refractivity contribution in [1.29, 1.82) is 0 Å². The smallest absolute Gasteiger partial charge is 0.254 e. The highest BCUT2D eigenvalue weighted by Gasteiger charge is 2.30. The zero-order chi connectivity index (χ0) is 22.0. The van der Waals surface area contributed by atoms with Gasteiger partial charge in [0.2, 0.25) is 0 Å². The number of carbonyl (C=O) groups excluding carboxylic acids is 1. The summed E-state index contributed by atoms with van der Waals surface area (Å²) in [6.07, 6.45) is 4.96. The summed E-state index contributed by atoms with van der Waals surface area (Å²) < 4.78 is 16.5. The van der Waals surface area contributed by atoms with Crippen molar-refractivity contribution in [2.75, 3.05) is 27.3 Å². The fraction of sp³-hybridized carbons (Fsp3) is 0.400. The number of ether oxygens (including phenoxy) is 2. The van der Waals surface area contributed by atoms with Crippen LogP contribution in [0, 0.1) is 0 Å². The topological polar surface area (TPSA) is 77.9 Å². The number of carbonyl (C=O) groups is 1. The number of nitrogens with zero attached hydrogens (tertiary/aromatic N) is 1. The summed E-state index contributed by atoms with van der Waals surface area (Å²) in [5.41, 5.74) is 9.92. The molecule has 0 saturated heterocycles. The van der Waals surface area contributed by atoms with Crippen molar-refractivity contribution in [3.05, 3.63) is 59.4 Å². The first-order valence-electron chi connectivity index (χ1n) is 10.7. The van der Waals surface area contributed by atoms with Gasteiger partial charge in [0.05, 0.1) is 20.5 Å². The van der Waals surface area contributed by atoms with E-state index < -0.39 is 0 Å². The van der Waals surface area contributed by atoms with Gasteiger partial charge in [-0.25, -0.2) is 0 Å². The van der Waals surface area contributed by atoms with Gasteiger partial charge >= 0.3 is 0 Å². The first kappa shape index (κ1) is 21.2. The quantitative estimate of drug-likeness (QED) is 0.589. The molecule has 31 heavy (non-hydrogen) atoms. The number of para-hydroxylation sites is 1. The molecule has 3 aromatic rings. The van der Waals surface area contributed by atoms with Gasteiger partial charge in [-0.3, -0.25) is 4.79 Å². The summed E-state index contributed by atoms with van der Waals surface area (Å²) in [6.45, 7) is 3.34. The van der Waals surface area contributed by atoms with E-state index in [0.717, 1.165) is 42.2 Å². The number of benzene rings is 2. The molecule has 1 atom stereocenters. The largest absolute Gasteiger partial charge is 0.493 e. The molecular formula is C25H30N2O4. The van der Waals surface area contributed by atoms with Gasteiger partial charge in [-0.15, -0.1) is 0 Å². The normalized spacial score (nSPS) is 15.6. The van der Waals surface area contributed by atoms with E-state index in [2.05, 4.69) is 13.0 Å². The van der Waals surface area contributed by atoms with Gasteiger partial charge < -0.3 is 24.5 Å². The summed E-state index contributed by atoms with van der Waals surface area (Å²) >= 11 is 0. The number of aryl methyl sites for hydroxylation is 1. The predicted molar refractivity (Wildman–Crippen MR) is 121 cm³/mol. The summed E-state index contributed by atoms with van der Waals surface area (Å²) in [4.78, 5) is 15.0. The Morgan fingerprint density at radius 2 is 1.94 bits per heavy atom. The number of furan rings is 1. The molecule has 0 aliphatic carbocycles. The standard InChI is InChI=1S/C25H30N2O4/c1-25(26,12-10-17-16-31-21-7-5-4-6-18(17)21)13-15-27-14-11-19-20(24(27)28)8-9-22(29-2)23(19)30-3/h4-9,16H,10-15,26H2,1-3H3. The lowest BCUT2D eigenvalue weighted by Gasteiger charge is -2.33. The Balaban J connectivity index is 1.39. The first-order chi connectivity index (χ1) is 14.9. The van der Waals surface area contributed by atoms with E-state index in [4.69, 9.17) is 19.6 Å². The molecule has 1 aliphatic rings. The minimum atomic E-state index is -0.378. The van der Waals surface area contributed by atoms with E-state index in [1.54, 1.807) is 20.3 Å². The maximum atomic E-state index is 13.1. The van der Waals surface area contributed by atoms with E-state index >= 15 is 0 Å². The van der Waals surface area contributed by atoms with Crippen LogP contribution in [0.5, 0.6) is 11.5 Å². The van der Waals surface area contributed by atoms with Crippen molar-refractivity contribution < 1.29 is 18.7 Å². The monoisotopic (exact) mass is 422 g/mol. The molecule has 0 radical (unpaired) electrons. The number of nitrogens with two attached hydrogens (primary N) is 1. The second-order valence-electron chi connectivity index (χ2n) is 8.53. The summed E-state index contributed by atoms with van der Waals surface area (Å²) in [7, 11) is 3.22.